The molecule has 2 aromatic carbocycles. The molecule has 0 saturated carbocycles. The number of amides is 3. The summed E-state index contributed by atoms with van der Waals surface area (Å²) in [6.45, 7) is 1.98. The number of hydrazine groups is 1. The molecule has 0 aliphatic carbocycles. The van der Waals surface area contributed by atoms with Gasteiger partial charge in [-0.25, -0.2) is 0 Å². The third-order valence-electron chi connectivity index (χ3n) is 3.47. The first-order chi connectivity index (χ1) is 12.5. The molecule has 3 N–H and O–H groups in total. The zero-order chi connectivity index (χ0) is 18.8. The van der Waals surface area contributed by atoms with Crippen LogP contribution in [-0.4, -0.2) is 17.7 Å². The Labute approximate surface area is 152 Å². The molecule has 0 heterocycles. The highest BCUT2D eigenvalue weighted by molar-refractivity contribution is 5.95. The van der Waals surface area contributed by atoms with Crippen LogP contribution in [-0.2, 0) is 14.4 Å². The summed E-state index contributed by atoms with van der Waals surface area (Å²) in [4.78, 5) is 35.1. The Balaban J connectivity index is 1.67. The van der Waals surface area contributed by atoms with Crippen LogP contribution in [0.5, 0.6) is 0 Å². The quantitative estimate of drug-likeness (QED) is 0.552. The van der Waals surface area contributed by atoms with Gasteiger partial charge in [0.15, 0.2) is 0 Å². The highest BCUT2D eigenvalue weighted by Crippen LogP contribution is 2.06. The molecule has 0 unspecified atom stereocenters. The zero-order valence-electron chi connectivity index (χ0n) is 14.5. The van der Waals surface area contributed by atoms with E-state index in [2.05, 4.69) is 16.2 Å². The molecule has 0 saturated heterocycles. The SMILES string of the molecule is Cc1ccc(C=CC(=O)NNC(=O)CCC(=O)Nc2ccccc2)cc1. The summed E-state index contributed by atoms with van der Waals surface area (Å²) < 4.78 is 0. The number of para-hydroxylation sites is 1. The van der Waals surface area contributed by atoms with Crippen molar-refractivity contribution in [1.82, 2.24) is 10.9 Å². The second-order valence-corrected chi connectivity index (χ2v) is 5.70. The Morgan fingerprint density at radius 1 is 0.846 bits per heavy atom. The van der Waals surface area contributed by atoms with Gasteiger partial charge in [-0.05, 0) is 30.7 Å². The van der Waals surface area contributed by atoms with Gasteiger partial charge in [0.2, 0.25) is 11.8 Å². The molecule has 26 heavy (non-hydrogen) atoms. The average molecular weight is 351 g/mol. The molecule has 0 spiro atoms. The van der Waals surface area contributed by atoms with Gasteiger partial charge in [-0.1, -0.05) is 48.0 Å². The van der Waals surface area contributed by atoms with Crippen molar-refractivity contribution in [2.75, 3.05) is 5.32 Å². The lowest BCUT2D eigenvalue weighted by atomic mass is 10.1. The van der Waals surface area contributed by atoms with Crippen molar-refractivity contribution in [3.8, 4) is 0 Å². The second kappa shape index (κ2) is 9.78. The Hall–Kier alpha value is -3.41. The zero-order valence-corrected chi connectivity index (χ0v) is 14.5. The van der Waals surface area contributed by atoms with Gasteiger partial charge < -0.3 is 5.32 Å². The van der Waals surface area contributed by atoms with Crippen LogP contribution in [0.1, 0.15) is 24.0 Å². The molecule has 0 aromatic heterocycles. The maximum Gasteiger partial charge on any atom is 0.262 e. The van der Waals surface area contributed by atoms with E-state index in [-0.39, 0.29) is 18.7 Å². The molecule has 6 nitrogen and oxygen atoms in total. The van der Waals surface area contributed by atoms with Gasteiger partial charge >= 0.3 is 0 Å². The number of carbonyl (C=O) groups excluding carboxylic acids is 3. The summed E-state index contributed by atoms with van der Waals surface area (Å²) in [7, 11) is 0. The number of hydrogen-bond donors (Lipinski definition) is 3. The lowest BCUT2D eigenvalue weighted by molar-refractivity contribution is -0.128. The Bertz CT molecular complexity index is 784. The van der Waals surface area contributed by atoms with Gasteiger partial charge in [0.1, 0.15) is 0 Å². The molecule has 0 bridgehead atoms. The van der Waals surface area contributed by atoms with Gasteiger partial charge in [-0.15, -0.1) is 0 Å². The first-order valence-corrected chi connectivity index (χ1v) is 8.21. The van der Waals surface area contributed by atoms with Crippen LogP contribution in [0, 0.1) is 6.92 Å². The molecule has 134 valence electrons. The van der Waals surface area contributed by atoms with Crippen molar-refractivity contribution in [3.05, 3.63) is 71.8 Å². The van der Waals surface area contributed by atoms with Gasteiger partial charge in [0.25, 0.3) is 5.91 Å². The van der Waals surface area contributed by atoms with Crippen molar-refractivity contribution in [2.45, 2.75) is 19.8 Å². The molecule has 0 aliphatic rings. The van der Waals surface area contributed by atoms with Gasteiger partial charge in [-0.2, -0.15) is 0 Å². The number of hydrogen-bond acceptors (Lipinski definition) is 3. The monoisotopic (exact) mass is 351 g/mol. The van der Waals surface area contributed by atoms with E-state index in [1.54, 1.807) is 18.2 Å². The fourth-order valence-electron chi connectivity index (χ4n) is 2.06. The number of rotatable bonds is 6. The second-order valence-electron chi connectivity index (χ2n) is 5.70. The fourth-order valence-corrected chi connectivity index (χ4v) is 2.06. The first-order valence-electron chi connectivity index (χ1n) is 8.21. The third-order valence-corrected chi connectivity index (χ3v) is 3.47. The van der Waals surface area contributed by atoms with E-state index in [1.165, 1.54) is 6.08 Å². The van der Waals surface area contributed by atoms with E-state index < -0.39 is 11.8 Å². The summed E-state index contributed by atoms with van der Waals surface area (Å²) in [6.07, 6.45) is 2.97. The van der Waals surface area contributed by atoms with Crippen molar-refractivity contribution < 1.29 is 14.4 Å². The van der Waals surface area contributed by atoms with Crippen LogP contribution in [0.4, 0.5) is 5.69 Å². The van der Waals surface area contributed by atoms with Crippen molar-refractivity contribution in [3.63, 3.8) is 0 Å². The molecular weight excluding hydrogens is 330 g/mol. The van der Waals surface area contributed by atoms with E-state index >= 15 is 0 Å². The average Bonchev–Trinajstić information content (AvgIpc) is 2.65. The molecule has 0 atom stereocenters. The number of benzene rings is 2. The number of aryl methyl sites for hydroxylation is 1. The van der Waals surface area contributed by atoms with Crippen LogP contribution in [0.25, 0.3) is 6.08 Å². The smallest absolute Gasteiger partial charge is 0.262 e. The summed E-state index contributed by atoms with van der Waals surface area (Å²) >= 11 is 0. The molecule has 3 amide bonds. The molecule has 2 rings (SSSR count). The highest BCUT2D eigenvalue weighted by atomic mass is 16.2. The highest BCUT2D eigenvalue weighted by Gasteiger charge is 2.07. The Morgan fingerprint density at radius 2 is 1.50 bits per heavy atom. The van der Waals surface area contributed by atoms with Crippen LogP contribution < -0.4 is 16.2 Å². The Kier molecular flexibility index (Phi) is 7.12. The molecule has 6 heteroatoms. The van der Waals surface area contributed by atoms with E-state index in [0.29, 0.717) is 5.69 Å². The van der Waals surface area contributed by atoms with Crippen molar-refractivity contribution in [1.29, 1.82) is 0 Å². The van der Waals surface area contributed by atoms with E-state index in [9.17, 15) is 14.4 Å². The normalized spacial score (nSPS) is 10.3. The number of anilines is 1. The minimum Gasteiger partial charge on any atom is -0.326 e. The van der Waals surface area contributed by atoms with Gasteiger partial charge in [0, 0.05) is 24.6 Å². The van der Waals surface area contributed by atoms with Crippen LogP contribution in [0.2, 0.25) is 0 Å². The lowest BCUT2D eigenvalue weighted by Crippen LogP contribution is -2.41. The lowest BCUT2D eigenvalue weighted by Gasteiger charge is -2.06. The van der Waals surface area contributed by atoms with Crippen molar-refractivity contribution >= 4 is 29.5 Å². The maximum atomic E-state index is 11.7. The molecule has 2 aromatic rings. The van der Waals surface area contributed by atoms with Crippen molar-refractivity contribution in [2.24, 2.45) is 0 Å². The number of nitrogens with one attached hydrogen (secondary N) is 3. The van der Waals surface area contributed by atoms with Gasteiger partial charge in [0.05, 0.1) is 0 Å². The summed E-state index contributed by atoms with van der Waals surface area (Å²) in [5.41, 5.74) is 7.25. The maximum absolute atomic E-state index is 11.7. The molecule has 0 aliphatic heterocycles. The minimum absolute atomic E-state index is 0.0236. The van der Waals surface area contributed by atoms with Crippen LogP contribution in [0.15, 0.2) is 60.7 Å². The Morgan fingerprint density at radius 3 is 2.19 bits per heavy atom. The standard InChI is InChI=1S/C20H21N3O3/c1-15-7-9-16(10-8-15)11-12-19(25)22-23-20(26)14-13-18(24)21-17-5-3-2-4-6-17/h2-12H,13-14H2,1H3,(H,21,24)(H,22,25)(H,23,26). The minimum atomic E-state index is -0.451. The summed E-state index contributed by atoms with van der Waals surface area (Å²) in [6, 6.07) is 16.7. The van der Waals surface area contributed by atoms with Crippen LogP contribution >= 0.6 is 0 Å². The topological polar surface area (TPSA) is 87.3 Å². The first kappa shape index (κ1) is 18.9. The van der Waals surface area contributed by atoms with E-state index in [4.69, 9.17) is 0 Å². The van der Waals surface area contributed by atoms with Gasteiger partial charge in [-0.3, -0.25) is 25.2 Å². The third kappa shape index (κ3) is 7.00. The largest absolute Gasteiger partial charge is 0.326 e. The fraction of sp³-hybridized carbons (Fsp3) is 0.150. The molecule has 0 radical (unpaired) electrons. The summed E-state index contributed by atoms with van der Waals surface area (Å²) in [5.74, 6) is -1.16. The van der Waals surface area contributed by atoms with E-state index in [1.807, 2.05) is 49.4 Å². The molecule has 0 fully saturated rings. The predicted octanol–water partition coefficient (Wildman–Crippen LogP) is 2.57. The van der Waals surface area contributed by atoms with Crippen LogP contribution in [0.3, 0.4) is 0 Å². The summed E-state index contributed by atoms with van der Waals surface area (Å²) in [5, 5.41) is 2.69. The molecular formula is C20H21N3O3. The predicted molar refractivity (Wildman–Crippen MR) is 101 cm³/mol. The van der Waals surface area contributed by atoms with E-state index in [0.717, 1.165) is 11.1 Å². The number of carbonyl (C=O) groups is 3.